The second kappa shape index (κ2) is 16.0. The molecule has 0 aliphatic heterocycles. The van der Waals surface area contributed by atoms with Crippen molar-refractivity contribution in [1.82, 2.24) is 8.85 Å². The fourth-order valence-electron chi connectivity index (χ4n) is 4.59. The summed E-state index contributed by atoms with van der Waals surface area (Å²) < 4.78 is 9.79. The third kappa shape index (κ3) is 10.6. The van der Waals surface area contributed by atoms with Crippen molar-refractivity contribution in [3.8, 4) is 5.75 Å². The molecule has 0 radical (unpaired) electrons. The third-order valence-electron chi connectivity index (χ3n) is 6.61. The van der Waals surface area contributed by atoms with Crippen molar-refractivity contribution >= 4 is 11.8 Å². The summed E-state index contributed by atoms with van der Waals surface area (Å²) in [5.74, 6) is 0.903. The summed E-state index contributed by atoms with van der Waals surface area (Å²) in [4.78, 5) is 25.1. The standard InChI is InChI=1S/C28H40IN2O3/c32-27(22-34-26-16-12-8-2-1-3-9-13-17-26)30-25-20-18-23(19-21-25)28(33)31-29-24-14-10-6-4-5-7-11-15-24/h1-3,8-9,12-13,16-17,23-25H,4-7,10-11,14-15,18-22H2,(H,30,32)(H,31,33)/q-1. The van der Waals surface area contributed by atoms with Gasteiger partial charge in [-0.2, -0.15) is 0 Å². The van der Waals surface area contributed by atoms with Crippen LogP contribution in [-0.2, 0) is 9.59 Å². The van der Waals surface area contributed by atoms with Crippen molar-refractivity contribution in [2.24, 2.45) is 5.92 Å². The number of nitrogens with one attached hydrogen (secondary N) is 2. The summed E-state index contributed by atoms with van der Waals surface area (Å²) in [6.07, 6.45) is 14.1. The van der Waals surface area contributed by atoms with Crippen molar-refractivity contribution < 1.29 is 35.8 Å². The molecule has 0 saturated heterocycles. The fraction of sp³-hybridized carbons (Fsp3) is 0.571. The van der Waals surface area contributed by atoms with Gasteiger partial charge in [-0.1, -0.05) is 42.5 Å². The number of halogens is 1. The van der Waals surface area contributed by atoms with Gasteiger partial charge in [0.15, 0.2) is 0 Å². The van der Waals surface area contributed by atoms with Crippen LogP contribution in [0.4, 0.5) is 0 Å². The molecule has 34 heavy (non-hydrogen) atoms. The van der Waals surface area contributed by atoms with E-state index in [1.54, 1.807) is 0 Å². The molecule has 2 N–H and O–H groups in total. The van der Waals surface area contributed by atoms with E-state index in [9.17, 15) is 9.59 Å². The molecule has 0 aromatic heterocycles. The number of hydrogen-bond donors (Lipinski definition) is 2. The molecule has 1 aromatic rings. The number of hydrogen-bond acceptors (Lipinski definition) is 3. The van der Waals surface area contributed by atoms with Gasteiger partial charge in [-0.15, -0.1) is 0 Å². The van der Waals surface area contributed by atoms with Crippen molar-refractivity contribution in [3.63, 3.8) is 0 Å². The van der Waals surface area contributed by atoms with Gasteiger partial charge in [0.1, 0.15) is 0 Å². The van der Waals surface area contributed by atoms with E-state index in [1.807, 2.05) is 54.6 Å². The molecule has 2 aliphatic carbocycles. The monoisotopic (exact) mass is 579 g/mol. The van der Waals surface area contributed by atoms with E-state index in [4.69, 9.17) is 4.74 Å². The maximum absolute atomic E-state index is 12.7. The normalized spacial score (nSPS) is 21.8. The first kappa shape index (κ1) is 26.8. The average molecular weight is 580 g/mol. The third-order valence-corrected chi connectivity index (χ3v) is 9.58. The van der Waals surface area contributed by atoms with Crippen LogP contribution in [0, 0.1) is 5.92 Å². The van der Waals surface area contributed by atoms with Crippen molar-refractivity contribution in [1.29, 1.82) is 0 Å². The molecule has 1 aromatic carbocycles. The Hall–Kier alpha value is -1.83. The van der Waals surface area contributed by atoms with Crippen LogP contribution in [0.15, 0.2) is 54.6 Å². The second-order valence-electron chi connectivity index (χ2n) is 9.35. The summed E-state index contributed by atoms with van der Waals surface area (Å²) in [5, 5.41) is 3.09. The molecule has 5 nitrogen and oxygen atoms in total. The SMILES string of the molecule is O=C(COc1ccccccccc1)NC1CCC(C(=O)N[I-]C2CCCCCCCC2)CC1. The maximum atomic E-state index is 12.7. The zero-order valence-corrected chi connectivity index (χ0v) is 22.4. The molecule has 2 saturated carbocycles. The first-order chi connectivity index (χ1) is 16.7. The second-order valence-corrected chi connectivity index (χ2v) is 12.3. The van der Waals surface area contributed by atoms with Crippen molar-refractivity contribution in [3.05, 3.63) is 54.6 Å². The Bertz CT molecular complexity index is 775. The van der Waals surface area contributed by atoms with Gasteiger partial charge in [0.05, 0.1) is 0 Å². The van der Waals surface area contributed by atoms with Crippen LogP contribution in [0.5, 0.6) is 5.75 Å². The predicted octanol–water partition coefficient (Wildman–Crippen LogP) is 2.49. The molecule has 188 valence electrons. The van der Waals surface area contributed by atoms with Crippen LogP contribution < -0.4 is 35.1 Å². The van der Waals surface area contributed by atoms with E-state index < -0.39 is 0 Å². The zero-order valence-electron chi connectivity index (χ0n) is 20.2. The molecular formula is C28H40IN2O3-. The molecular weight excluding hydrogens is 539 g/mol. The summed E-state index contributed by atoms with van der Waals surface area (Å²) in [6, 6.07) is 17.3. The van der Waals surface area contributed by atoms with Crippen LogP contribution in [0.3, 0.4) is 0 Å². The predicted molar refractivity (Wildman–Crippen MR) is 132 cm³/mol. The Kier molecular flexibility index (Phi) is 12.6. The molecule has 0 spiro atoms. The minimum absolute atomic E-state index is 0.00416. The first-order valence-corrected chi connectivity index (χ1v) is 15.3. The number of carbonyl (C=O) groups is 2. The van der Waals surface area contributed by atoms with Crippen LogP contribution in [0.2, 0.25) is 0 Å². The van der Waals surface area contributed by atoms with E-state index in [1.165, 1.54) is 51.4 Å². The van der Waals surface area contributed by atoms with Gasteiger partial charge >= 0.3 is 174 Å². The quantitative estimate of drug-likeness (QED) is 0.297. The Labute approximate surface area is 215 Å². The molecule has 0 atom stereocenters. The van der Waals surface area contributed by atoms with E-state index in [-0.39, 0.29) is 51.9 Å². The summed E-state index contributed by atoms with van der Waals surface area (Å²) in [5.41, 5.74) is 0. The van der Waals surface area contributed by atoms with Gasteiger partial charge in [0.2, 0.25) is 0 Å². The average Bonchev–Trinajstić information content (AvgIpc) is 2.99. The van der Waals surface area contributed by atoms with E-state index >= 15 is 0 Å². The Morgan fingerprint density at radius 3 is 1.94 bits per heavy atom. The van der Waals surface area contributed by atoms with Crippen LogP contribution >= 0.6 is 0 Å². The van der Waals surface area contributed by atoms with Gasteiger partial charge in [0, 0.05) is 0 Å². The molecule has 0 heterocycles. The van der Waals surface area contributed by atoms with Gasteiger partial charge in [-0.3, -0.25) is 0 Å². The fourth-order valence-corrected chi connectivity index (χ4v) is 7.28. The summed E-state index contributed by atoms with van der Waals surface area (Å²) in [7, 11) is 0. The zero-order chi connectivity index (χ0) is 23.8. The number of alkyl halides is 1. The van der Waals surface area contributed by atoms with Crippen LogP contribution in [-0.4, -0.2) is 28.4 Å². The minimum atomic E-state index is -0.260. The van der Waals surface area contributed by atoms with Gasteiger partial charge < -0.3 is 0 Å². The van der Waals surface area contributed by atoms with Gasteiger partial charge in [-0.25, -0.2) is 0 Å². The van der Waals surface area contributed by atoms with Crippen molar-refractivity contribution in [2.45, 2.75) is 87.0 Å². The Morgan fingerprint density at radius 1 is 0.765 bits per heavy atom. The summed E-state index contributed by atoms with van der Waals surface area (Å²) >= 11 is -0.260. The molecule has 6 heteroatoms. The van der Waals surface area contributed by atoms with E-state index in [2.05, 4.69) is 8.85 Å². The molecule has 0 unspecified atom stereocenters. The molecule has 2 fully saturated rings. The van der Waals surface area contributed by atoms with Crippen molar-refractivity contribution in [2.75, 3.05) is 6.61 Å². The molecule has 2 amide bonds. The van der Waals surface area contributed by atoms with E-state index in [0.29, 0.717) is 5.75 Å². The summed E-state index contributed by atoms with van der Waals surface area (Å²) in [6.45, 7) is -0.00416. The number of amides is 2. The molecule has 0 bridgehead atoms. The molecule has 3 rings (SSSR count). The molecule has 2 aliphatic rings. The van der Waals surface area contributed by atoms with Crippen LogP contribution in [0.1, 0.15) is 77.0 Å². The van der Waals surface area contributed by atoms with Gasteiger partial charge in [-0.05, 0) is 0 Å². The Morgan fingerprint density at radius 2 is 1.32 bits per heavy atom. The first-order valence-electron chi connectivity index (χ1n) is 12.9. The Balaban J connectivity index is 1.35. The van der Waals surface area contributed by atoms with Gasteiger partial charge in [0.25, 0.3) is 0 Å². The van der Waals surface area contributed by atoms with E-state index in [0.717, 1.165) is 29.6 Å². The number of ether oxygens (including phenoxy) is 1. The topological polar surface area (TPSA) is 67.4 Å². The number of carbonyl (C=O) groups excluding carboxylic acids is 2. The number of rotatable bonds is 7. The van der Waals surface area contributed by atoms with Crippen LogP contribution in [0.25, 0.3) is 0 Å².